The predicted octanol–water partition coefficient (Wildman–Crippen LogP) is 3.33. The molecule has 1 amide bonds. The molecule has 0 saturated carbocycles. The zero-order chi connectivity index (χ0) is 20.9. The molecule has 1 heterocycles. The molecule has 0 radical (unpaired) electrons. The molecule has 2 N–H and O–H groups in total. The average Bonchev–Trinajstić information content (AvgIpc) is 3.20. The molecule has 1 aliphatic rings. The first-order chi connectivity index (χ1) is 14.7. The predicted molar refractivity (Wildman–Crippen MR) is 120 cm³/mol. The number of carbonyl (C=O) groups is 1. The number of nitrogens with one attached hydrogen (secondary N) is 2. The molecule has 4 rings (SSSR count). The largest absolute Gasteiger partial charge is 0.496 e. The Kier molecular flexibility index (Phi) is 6.31. The van der Waals surface area contributed by atoms with Crippen molar-refractivity contribution in [2.24, 2.45) is 0 Å². The fourth-order valence-corrected chi connectivity index (χ4v) is 4.40. The number of hydrogen-bond donors (Lipinski definition) is 2. The highest BCUT2D eigenvalue weighted by Crippen LogP contribution is 2.29. The second kappa shape index (κ2) is 9.28. The van der Waals surface area contributed by atoms with E-state index in [9.17, 15) is 4.79 Å². The number of rotatable bonds is 7. The van der Waals surface area contributed by atoms with E-state index in [-0.39, 0.29) is 18.0 Å². The SMILES string of the molecule is CNC(=O)C1CC(NCc2ccc(OC)c3ccccc23)CN1Cc1ccccc1. The van der Waals surface area contributed by atoms with Gasteiger partial charge in [-0.2, -0.15) is 0 Å². The lowest BCUT2D eigenvalue weighted by Crippen LogP contribution is -2.41. The molecule has 1 fully saturated rings. The van der Waals surface area contributed by atoms with Crippen LogP contribution in [0.2, 0.25) is 0 Å². The van der Waals surface area contributed by atoms with Crippen LogP contribution in [0.3, 0.4) is 0 Å². The van der Waals surface area contributed by atoms with E-state index < -0.39 is 0 Å². The maximum absolute atomic E-state index is 12.5. The van der Waals surface area contributed by atoms with Crippen molar-refractivity contribution in [2.45, 2.75) is 31.6 Å². The zero-order valence-corrected chi connectivity index (χ0v) is 17.6. The lowest BCUT2D eigenvalue weighted by molar-refractivity contribution is -0.125. The van der Waals surface area contributed by atoms with Crippen LogP contribution in [0.4, 0.5) is 0 Å². The number of likely N-dealkylation sites (tertiary alicyclic amines) is 1. The lowest BCUT2D eigenvalue weighted by Gasteiger charge is -2.22. The van der Waals surface area contributed by atoms with Crippen LogP contribution >= 0.6 is 0 Å². The lowest BCUT2D eigenvalue weighted by atomic mass is 10.0. The second-order valence-electron chi connectivity index (χ2n) is 7.83. The molecule has 3 aromatic rings. The first kappa shape index (κ1) is 20.4. The number of ether oxygens (including phenoxy) is 1. The summed E-state index contributed by atoms with van der Waals surface area (Å²) in [6.07, 6.45) is 0.806. The van der Waals surface area contributed by atoms with Crippen molar-refractivity contribution in [1.82, 2.24) is 15.5 Å². The maximum Gasteiger partial charge on any atom is 0.237 e. The van der Waals surface area contributed by atoms with E-state index in [4.69, 9.17) is 4.74 Å². The number of benzene rings is 3. The molecular weight excluding hydrogens is 374 g/mol. The summed E-state index contributed by atoms with van der Waals surface area (Å²) >= 11 is 0. The third kappa shape index (κ3) is 4.32. The molecule has 0 bridgehead atoms. The standard InChI is InChI=1S/C25H29N3O2/c1-26-25(29)23-14-20(17-28(23)16-18-8-4-3-5-9-18)27-15-19-12-13-24(30-2)22-11-7-6-10-21(19)22/h3-13,20,23,27H,14-17H2,1-2H3,(H,26,29). The van der Waals surface area contributed by atoms with Gasteiger partial charge in [0.25, 0.3) is 0 Å². The summed E-state index contributed by atoms with van der Waals surface area (Å²) in [5, 5.41) is 8.85. The van der Waals surface area contributed by atoms with Crippen molar-refractivity contribution < 1.29 is 9.53 Å². The minimum Gasteiger partial charge on any atom is -0.496 e. The summed E-state index contributed by atoms with van der Waals surface area (Å²) in [7, 11) is 3.42. The van der Waals surface area contributed by atoms with Crippen molar-refractivity contribution in [2.75, 3.05) is 20.7 Å². The van der Waals surface area contributed by atoms with Crippen LogP contribution in [0.1, 0.15) is 17.5 Å². The van der Waals surface area contributed by atoms with E-state index in [2.05, 4.69) is 51.9 Å². The normalized spacial score (nSPS) is 19.1. The van der Waals surface area contributed by atoms with Gasteiger partial charge in [0.1, 0.15) is 5.75 Å². The van der Waals surface area contributed by atoms with Crippen LogP contribution in [-0.2, 0) is 17.9 Å². The molecule has 156 valence electrons. The van der Waals surface area contributed by atoms with Gasteiger partial charge in [-0.25, -0.2) is 0 Å². The Labute approximate surface area is 178 Å². The molecule has 1 aliphatic heterocycles. The van der Waals surface area contributed by atoms with Gasteiger partial charge in [-0.15, -0.1) is 0 Å². The van der Waals surface area contributed by atoms with Crippen LogP contribution in [-0.4, -0.2) is 43.6 Å². The quantitative estimate of drug-likeness (QED) is 0.635. The molecule has 0 spiro atoms. The number of hydrogen-bond acceptors (Lipinski definition) is 4. The zero-order valence-electron chi connectivity index (χ0n) is 17.6. The topological polar surface area (TPSA) is 53.6 Å². The molecule has 5 nitrogen and oxygen atoms in total. The third-order valence-electron chi connectivity index (χ3n) is 5.96. The van der Waals surface area contributed by atoms with Crippen LogP contribution in [0.15, 0.2) is 66.7 Å². The maximum atomic E-state index is 12.5. The Hall–Kier alpha value is -2.89. The summed E-state index contributed by atoms with van der Waals surface area (Å²) < 4.78 is 5.51. The summed E-state index contributed by atoms with van der Waals surface area (Å²) in [5.41, 5.74) is 2.47. The highest BCUT2D eigenvalue weighted by molar-refractivity contribution is 5.91. The summed E-state index contributed by atoms with van der Waals surface area (Å²) in [6.45, 7) is 2.39. The van der Waals surface area contributed by atoms with Crippen molar-refractivity contribution >= 4 is 16.7 Å². The van der Waals surface area contributed by atoms with Gasteiger partial charge in [-0.1, -0.05) is 60.7 Å². The molecule has 3 aromatic carbocycles. The Morgan fingerprint density at radius 2 is 1.77 bits per heavy atom. The van der Waals surface area contributed by atoms with Gasteiger partial charge in [0, 0.05) is 38.1 Å². The van der Waals surface area contributed by atoms with E-state index in [1.54, 1.807) is 14.2 Å². The highest BCUT2D eigenvalue weighted by Gasteiger charge is 2.36. The van der Waals surface area contributed by atoms with Gasteiger partial charge < -0.3 is 15.4 Å². The molecule has 2 unspecified atom stereocenters. The van der Waals surface area contributed by atoms with Gasteiger partial charge in [-0.05, 0) is 29.0 Å². The van der Waals surface area contributed by atoms with E-state index in [0.717, 1.165) is 37.2 Å². The van der Waals surface area contributed by atoms with Crippen molar-refractivity contribution in [3.63, 3.8) is 0 Å². The van der Waals surface area contributed by atoms with E-state index in [0.29, 0.717) is 0 Å². The Bertz CT molecular complexity index is 1010. The summed E-state index contributed by atoms with van der Waals surface area (Å²) in [4.78, 5) is 14.8. The van der Waals surface area contributed by atoms with Gasteiger partial charge in [0.15, 0.2) is 0 Å². The first-order valence-electron chi connectivity index (χ1n) is 10.5. The Morgan fingerprint density at radius 3 is 2.50 bits per heavy atom. The summed E-state index contributed by atoms with van der Waals surface area (Å²) in [6, 6.07) is 23.0. The number of nitrogens with zero attached hydrogens (tertiary/aromatic N) is 1. The second-order valence-corrected chi connectivity index (χ2v) is 7.83. The van der Waals surface area contributed by atoms with Gasteiger partial charge >= 0.3 is 0 Å². The number of carbonyl (C=O) groups excluding carboxylic acids is 1. The number of methoxy groups -OCH3 is 1. The minimum absolute atomic E-state index is 0.0881. The summed E-state index contributed by atoms with van der Waals surface area (Å²) in [5.74, 6) is 0.981. The number of likely N-dealkylation sites (N-methyl/N-ethyl adjacent to an activating group) is 1. The molecule has 1 saturated heterocycles. The first-order valence-corrected chi connectivity index (χ1v) is 10.5. The Morgan fingerprint density at radius 1 is 1.03 bits per heavy atom. The van der Waals surface area contributed by atoms with E-state index in [1.807, 2.05) is 30.3 Å². The van der Waals surface area contributed by atoms with E-state index >= 15 is 0 Å². The van der Waals surface area contributed by atoms with Crippen molar-refractivity contribution in [3.05, 3.63) is 77.9 Å². The molecule has 5 heteroatoms. The highest BCUT2D eigenvalue weighted by atomic mass is 16.5. The van der Waals surface area contributed by atoms with Gasteiger partial charge in [-0.3, -0.25) is 9.69 Å². The third-order valence-corrected chi connectivity index (χ3v) is 5.96. The van der Waals surface area contributed by atoms with Crippen molar-refractivity contribution in [3.8, 4) is 5.75 Å². The van der Waals surface area contributed by atoms with Gasteiger partial charge in [0.05, 0.1) is 13.2 Å². The number of amides is 1. The molecular formula is C25H29N3O2. The molecule has 0 aliphatic carbocycles. The number of fused-ring (bicyclic) bond motifs is 1. The van der Waals surface area contributed by atoms with Crippen LogP contribution in [0.5, 0.6) is 5.75 Å². The van der Waals surface area contributed by atoms with Crippen LogP contribution < -0.4 is 15.4 Å². The smallest absolute Gasteiger partial charge is 0.237 e. The van der Waals surface area contributed by atoms with E-state index in [1.165, 1.54) is 16.5 Å². The fourth-order valence-electron chi connectivity index (χ4n) is 4.40. The van der Waals surface area contributed by atoms with Crippen LogP contribution in [0.25, 0.3) is 10.8 Å². The Balaban J connectivity index is 1.47. The van der Waals surface area contributed by atoms with Gasteiger partial charge in [0.2, 0.25) is 5.91 Å². The molecule has 0 aromatic heterocycles. The molecule has 2 atom stereocenters. The van der Waals surface area contributed by atoms with Crippen LogP contribution in [0, 0.1) is 0 Å². The minimum atomic E-state index is -0.111. The average molecular weight is 404 g/mol. The monoisotopic (exact) mass is 403 g/mol. The molecule has 30 heavy (non-hydrogen) atoms. The van der Waals surface area contributed by atoms with Crippen molar-refractivity contribution in [1.29, 1.82) is 0 Å². The fraction of sp³-hybridized carbons (Fsp3) is 0.320.